The summed E-state index contributed by atoms with van der Waals surface area (Å²) in [4.78, 5) is 40.9. The zero-order chi connectivity index (χ0) is 17.1. The van der Waals surface area contributed by atoms with Gasteiger partial charge in [0.25, 0.3) is 0 Å². The van der Waals surface area contributed by atoms with Crippen LogP contribution in [0, 0.1) is 0 Å². The maximum Gasteiger partial charge on any atom is 0.317 e. The van der Waals surface area contributed by atoms with Gasteiger partial charge in [-0.2, -0.15) is 0 Å². The number of rotatable bonds is 7. The Kier molecular flexibility index (Phi) is 9.61. The molecule has 1 aliphatic rings. The van der Waals surface area contributed by atoms with Crippen molar-refractivity contribution in [2.24, 2.45) is 0 Å². The second kappa shape index (κ2) is 11.2. The molecular formula is C15H28N4O4. The summed E-state index contributed by atoms with van der Waals surface area (Å²) in [5.74, 6) is -0.862. The molecule has 1 saturated heterocycles. The minimum absolute atomic E-state index is 0.0264. The lowest BCUT2D eigenvalue weighted by Crippen LogP contribution is -2.44. The van der Waals surface area contributed by atoms with Crippen LogP contribution in [0.2, 0.25) is 0 Å². The third-order valence-electron chi connectivity index (χ3n) is 4.07. The molecular weight excluding hydrogens is 300 g/mol. The average Bonchev–Trinajstić information content (AvgIpc) is 2.54. The molecule has 23 heavy (non-hydrogen) atoms. The van der Waals surface area contributed by atoms with Crippen molar-refractivity contribution in [2.75, 3.05) is 72.1 Å². The van der Waals surface area contributed by atoms with Crippen LogP contribution in [0.1, 0.15) is 6.92 Å². The highest BCUT2D eigenvalue weighted by molar-refractivity contribution is 5.69. The van der Waals surface area contributed by atoms with Crippen molar-refractivity contribution in [3.8, 4) is 0 Å². The molecule has 0 aromatic heterocycles. The molecule has 0 atom stereocenters. The largest absolute Gasteiger partial charge is 0.480 e. The van der Waals surface area contributed by atoms with Gasteiger partial charge in [-0.1, -0.05) is 6.92 Å². The first-order valence-corrected chi connectivity index (χ1v) is 8.07. The highest BCUT2D eigenvalue weighted by atomic mass is 16.4. The monoisotopic (exact) mass is 328 g/mol. The van der Waals surface area contributed by atoms with E-state index in [9.17, 15) is 14.4 Å². The summed E-state index contributed by atoms with van der Waals surface area (Å²) in [7, 11) is 0. The highest BCUT2D eigenvalue weighted by Crippen LogP contribution is 2.01. The van der Waals surface area contributed by atoms with Crippen molar-refractivity contribution in [1.29, 1.82) is 0 Å². The molecule has 0 unspecified atom stereocenters. The van der Waals surface area contributed by atoms with Gasteiger partial charge in [-0.05, 0) is 6.54 Å². The van der Waals surface area contributed by atoms with Gasteiger partial charge < -0.3 is 14.7 Å². The molecule has 0 amide bonds. The summed E-state index contributed by atoms with van der Waals surface area (Å²) in [5.41, 5.74) is 0. The van der Waals surface area contributed by atoms with E-state index in [2.05, 4.69) is 11.8 Å². The van der Waals surface area contributed by atoms with Gasteiger partial charge in [0.2, 0.25) is 0 Å². The molecule has 0 bridgehead atoms. The Hall–Kier alpha value is -1.35. The molecule has 0 aromatic rings. The smallest absolute Gasteiger partial charge is 0.317 e. The number of carboxylic acid groups (broad SMARTS) is 1. The predicted octanol–water partition coefficient (Wildman–Crippen LogP) is -1.33. The van der Waals surface area contributed by atoms with Crippen molar-refractivity contribution in [3.05, 3.63) is 0 Å². The maximum absolute atomic E-state index is 11.0. The van der Waals surface area contributed by atoms with Gasteiger partial charge >= 0.3 is 5.97 Å². The van der Waals surface area contributed by atoms with Gasteiger partial charge in [0, 0.05) is 39.3 Å². The van der Waals surface area contributed by atoms with Gasteiger partial charge in [0.05, 0.1) is 26.3 Å². The third kappa shape index (κ3) is 8.17. The summed E-state index contributed by atoms with van der Waals surface area (Å²) in [5, 5.41) is 9.04. The molecule has 8 nitrogen and oxygen atoms in total. The number of aldehydes is 2. The Labute approximate surface area is 137 Å². The van der Waals surface area contributed by atoms with Gasteiger partial charge in [-0.25, -0.2) is 0 Å². The number of carbonyl (C=O) groups is 3. The van der Waals surface area contributed by atoms with E-state index in [4.69, 9.17) is 5.11 Å². The molecule has 1 rings (SSSR count). The number of aliphatic carboxylic acids is 1. The van der Waals surface area contributed by atoms with Crippen LogP contribution in [0.15, 0.2) is 0 Å². The quantitative estimate of drug-likeness (QED) is 0.576. The molecule has 0 saturated carbocycles. The third-order valence-corrected chi connectivity index (χ3v) is 4.07. The van der Waals surface area contributed by atoms with Crippen molar-refractivity contribution in [2.45, 2.75) is 6.92 Å². The van der Waals surface area contributed by atoms with Crippen LogP contribution in [0.5, 0.6) is 0 Å². The van der Waals surface area contributed by atoms with Crippen LogP contribution in [0.3, 0.4) is 0 Å². The van der Waals surface area contributed by atoms with Crippen molar-refractivity contribution < 1.29 is 19.5 Å². The van der Waals surface area contributed by atoms with Crippen molar-refractivity contribution in [1.82, 2.24) is 19.6 Å². The van der Waals surface area contributed by atoms with E-state index in [-0.39, 0.29) is 6.54 Å². The first-order chi connectivity index (χ1) is 11.1. The van der Waals surface area contributed by atoms with Gasteiger partial charge in [0.1, 0.15) is 12.6 Å². The molecule has 8 heteroatoms. The van der Waals surface area contributed by atoms with Crippen LogP contribution < -0.4 is 0 Å². The van der Waals surface area contributed by atoms with E-state index in [1.165, 1.54) is 0 Å². The van der Waals surface area contributed by atoms with Crippen LogP contribution in [0.4, 0.5) is 0 Å². The van der Waals surface area contributed by atoms with Crippen LogP contribution in [0.25, 0.3) is 0 Å². The average molecular weight is 328 g/mol. The molecule has 0 spiro atoms. The number of hydrogen-bond donors (Lipinski definition) is 1. The maximum atomic E-state index is 11.0. The summed E-state index contributed by atoms with van der Waals surface area (Å²) in [6.45, 7) is 8.35. The Morgan fingerprint density at radius 2 is 1.35 bits per heavy atom. The topological polar surface area (TPSA) is 84.4 Å². The van der Waals surface area contributed by atoms with Crippen LogP contribution >= 0.6 is 0 Å². The molecule has 1 fully saturated rings. The first kappa shape index (κ1) is 19.7. The SMILES string of the molecule is CCN1CCN(CC=O)CCN(CC(=O)O)CCN(CC=O)C1. The second-order valence-electron chi connectivity index (χ2n) is 5.73. The zero-order valence-corrected chi connectivity index (χ0v) is 13.9. The molecule has 0 aliphatic carbocycles. The molecule has 0 radical (unpaired) electrons. The molecule has 1 N–H and O–H groups in total. The molecule has 1 heterocycles. The summed E-state index contributed by atoms with van der Waals surface area (Å²) in [6.07, 6.45) is 1.77. The fourth-order valence-corrected chi connectivity index (χ4v) is 2.65. The molecule has 132 valence electrons. The fraction of sp³-hybridized carbons (Fsp3) is 0.800. The predicted molar refractivity (Wildman–Crippen MR) is 86.3 cm³/mol. The van der Waals surface area contributed by atoms with Crippen LogP contribution in [-0.4, -0.2) is 115 Å². The Balaban J connectivity index is 2.78. The number of nitrogens with zero attached hydrogens (tertiary/aromatic N) is 4. The number of carboxylic acids is 1. The lowest BCUT2D eigenvalue weighted by molar-refractivity contribution is -0.138. The van der Waals surface area contributed by atoms with E-state index in [0.29, 0.717) is 45.9 Å². The number of carbonyl (C=O) groups excluding carboxylic acids is 2. The normalized spacial score (nSPS) is 20.7. The number of likely N-dealkylation sites (N-methyl/N-ethyl adjacent to an activating group) is 1. The van der Waals surface area contributed by atoms with Crippen molar-refractivity contribution in [3.63, 3.8) is 0 Å². The minimum atomic E-state index is -0.862. The Bertz CT molecular complexity index is 380. The van der Waals surface area contributed by atoms with Gasteiger partial charge in [-0.15, -0.1) is 0 Å². The number of hydrogen-bond acceptors (Lipinski definition) is 7. The lowest BCUT2D eigenvalue weighted by Gasteiger charge is -2.29. The first-order valence-electron chi connectivity index (χ1n) is 8.07. The van der Waals surface area contributed by atoms with Crippen molar-refractivity contribution >= 4 is 18.5 Å². The highest BCUT2D eigenvalue weighted by Gasteiger charge is 2.18. The standard InChI is InChI=1S/C15H28N4O4/c1-2-16-3-4-17(9-11-20)5-6-18(13-15(22)23)7-8-19(14-16)10-12-21/h11-12H,2-10,13-14H2,1H3,(H,22,23). The van der Waals surface area contributed by atoms with Gasteiger partial charge in [0.15, 0.2) is 0 Å². The summed E-state index contributed by atoms with van der Waals surface area (Å²) < 4.78 is 0. The molecule has 0 aromatic carbocycles. The van der Waals surface area contributed by atoms with Gasteiger partial charge in [-0.3, -0.25) is 24.4 Å². The molecule has 1 aliphatic heterocycles. The van der Waals surface area contributed by atoms with E-state index < -0.39 is 5.97 Å². The Morgan fingerprint density at radius 1 is 0.870 bits per heavy atom. The Morgan fingerprint density at radius 3 is 1.87 bits per heavy atom. The fourth-order valence-electron chi connectivity index (χ4n) is 2.65. The van der Waals surface area contributed by atoms with E-state index in [0.717, 1.165) is 32.2 Å². The summed E-state index contributed by atoms with van der Waals surface area (Å²) >= 11 is 0. The second-order valence-corrected chi connectivity index (χ2v) is 5.73. The van der Waals surface area contributed by atoms with E-state index >= 15 is 0 Å². The zero-order valence-electron chi connectivity index (χ0n) is 13.9. The lowest BCUT2D eigenvalue weighted by atomic mass is 10.4. The summed E-state index contributed by atoms with van der Waals surface area (Å²) in [6, 6.07) is 0. The minimum Gasteiger partial charge on any atom is -0.480 e. The van der Waals surface area contributed by atoms with Crippen LogP contribution in [-0.2, 0) is 14.4 Å². The van der Waals surface area contributed by atoms with E-state index in [1.54, 1.807) is 0 Å². The van der Waals surface area contributed by atoms with E-state index in [1.807, 2.05) is 14.7 Å².